The fourth-order valence-corrected chi connectivity index (χ4v) is 3.31. The third-order valence-corrected chi connectivity index (χ3v) is 4.75. The van der Waals surface area contributed by atoms with Gasteiger partial charge in [-0.3, -0.25) is 4.40 Å². The molecule has 4 rings (SSSR count). The molecule has 0 bridgehead atoms. The van der Waals surface area contributed by atoms with Crippen LogP contribution in [0, 0.1) is 0 Å². The lowest BCUT2D eigenvalue weighted by Crippen LogP contribution is -2.13. The van der Waals surface area contributed by atoms with Gasteiger partial charge in [0.1, 0.15) is 17.2 Å². The van der Waals surface area contributed by atoms with E-state index in [0.717, 1.165) is 17.0 Å². The van der Waals surface area contributed by atoms with Crippen molar-refractivity contribution in [3.05, 3.63) is 78.5 Å². The number of carboxylic acid groups (broad SMARTS) is 2. The van der Waals surface area contributed by atoms with Gasteiger partial charge in [0.2, 0.25) is 0 Å². The molecule has 0 saturated heterocycles. The molecular weight excluding hydrogens is 426 g/mol. The number of pyridine rings is 1. The lowest BCUT2D eigenvalue weighted by Gasteiger charge is -2.13. The van der Waals surface area contributed by atoms with E-state index in [2.05, 4.69) is 5.32 Å². The number of aliphatic carboxylic acids is 2. The Hall–Kier alpha value is -4.53. The number of carbonyl (C=O) groups is 2. The average molecular weight is 447 g/mol. The normalized spacial score (nSPS) is 10.7. The van der Waals surface area contributed by atoms with E-state index >= 15 is 0 Å². The highest BCUT2D eigenvalue weighted by molar-refractivity contribution is 5.78. The molecule has 0 spiro atoms. The number of hydrogen-bond donors (Lipinski definition) is 3. The Morgan fingerprint density at radius 2 is 1.58 bits per heavy atom. The van der Waals surface area contributed by atoms with Crippen LogP contribution in [0.25, 0.3) is 16.9 Å². The number of ether oxygens (including phenoxy) is 2. The monoisotopic (exact) mass is 447 g/mol. The number of fused-ring (bicyclic) bond motifs is 1. The Morgan fingerprint density at radius 1 is 0.879 bits per heavy atom. The van der Waals surface area contributed by atoms with Crippen LogP contribution >= 0.6 is 0 Å². The van der Waals surface area contributed by atoms with E-state index in [9.17, 15) is 9.59 Å². The Morgan fingerprint density at radius 3 is 2.30 bits per heavy atom. The molecule has 9 nitrogen and oxygen atoms in total. The summed E-state index contributed by atoms with van der Waals surface area (Å²) < 4.78 is 12.5. The fraction of sp³-hybridized carbons (Fsp3) is 0.125. The minimum absolute atomic E-state index is 0.113. The van der Waals surface area contributed by atoms with E-state index in [4.69, 9.17) is 24.7 Å². The smallest absolute Gasteiger partial charge is 0.341 e. The summed E-state index contributed by atoms with van der Waals surface area (Å²) in [5, 5.41) is 21.3. The van der Waals surface area contributed by atoms with Gasteiger partial charge in [-0.25, -0.2) is 14.6 Å². The molecule has 0 radical (unpaired) electrons. The van der Waals surface area contributed by atoms with Crippen molar-refractivity contribution in [1.29, 1.82) is 0 Å². The molecule has 2 heterocycles. The minimum Gasteiger partial charge on any atom is -0.479 e. The topological polar surface area (TPSA) is 122 Å². The number of benzene rings is 2. The van der Waals surface area contributed by atoms with E-state index in [1.165, 1.54) is 0 Å². The number of imidazole rings is 1. The molecule has 2 aromatic carbocycles. The Balaban J connectivity index is 1.72. The van der Waals surface area contributed by atoms with Crippen LogP contribution in [0.4, 0.5) is 5.82 Å². The van der Waals surface area contributed by atoms with Gasteiger partial charge in [-0.1, -0.05) is 36.4 Å². The molecule has 0 amide bonds. The number of rotatable bonds is 10. The van der Waals surface area contributed by atoms with Crippen LogP contribution in [0.2, 0.25) is 0 Å². The van der Waals surface area contributed by atoms with E-state index < -0.39 is 25.2 Å². The molecule has 168 valence electrons. The summed E-state index contributed by atoms with van der Waals surface area (Å²) in [5.74, 6) is -1.33. The predicted molar refractivity (Wildman–Crippen MR) is 121 cm³/mol. The first-order valence-electron chi connectivity index (χ1n) is 10.1. The third-order valence-electron chi connectivity index (χ3n) is 4.75. The molecular formula is C24H21N3O6. The van der Waals surface area contributed by atoms with Crippen LogP contribution < -0.4 is 14.8 Å². The van der Waals surface area contributed by atoms with E-state index in [1.54, 1.807) is 18.2 Å². The fourth-order valence-electron chi connectivity index (χ4n) is 3.31. The number of anilines is 1. The van der Waals surface area contributed by atoms with Gasteiger partial charge in [0, 0.05) is 18.3 Å². The molecule has 0 atom stereocenters. The highest BCUT2D eigenvalue weighted by Crippen LogP contribution is 2.36. The maximum Gasteiger partial charge on any atom is 0.341 e. The first-order chi connectivity index (χ1) is 16.0. The van der Waals surface area contributed by atoms with Gasteiger partial charge in [0.25, 0.3) is 0 Å². The first-order valence-corrected chi connectivity index (χ1v) is 10.1. The number of nitrogens with one attached hydrogen (secondary N) is 1. The van der Waals surface area contributed by atoms with Crippen molar-refractivity contribution < 1.29 is 29.3 Å². The maximum absolute atomic E-state index is 11.0. The van der Waals surface area contributed by atoms with Gasteiger partial charge < -0.3 is 25.0 Å². The van der Waals surface area contributed by atoms with Crippen LogP contribution in [-0.4, -0.2) is 44.8 Å². The van der Waals surface area contributed by atoms with E-state index in [0.29, 0.717) is 17.8 Å². The van der Waals surface area contributed by atoms with Crippen molar-refractivity contribution >= 4 is 23.4 Å². The molecule has 33 heavy (non-hydrogen) atoms. The van der Waals surface area contributed by atoms with Gasteiger partial charge in [0.05, 0.1) is 0 Å². The molecule has 0 aliphatic rings. The van der Waals surface area contributed by atoms with Crippen LogP contribution in [0.5, 0.6) is 11.5 Å². The van der Waals surface area contributed by atoms with Gasteiger partial charge >= 0.3 is 11.9 Å². The summed E-state index contributed by atoms with van der Waals surface area (Å²) in [6, 6.07) is 20.4. The number of hydrogen-bond acceptors (Lipinski definition) is 6. The summed E-state index contributed by atoms with van der Waals surface area (Å²) >= 11 is 0. The second kappa shape index (κ2) is 9.73. The Labute approximate surface area is 188 Å². The molecule has 0 saturated carbocycles. The largest absolute Gasteiger partial charge is 0.479 e. The quantitative estimate of drug-likeness (QED) is 0.337. The lowest BCUT2D eigenvalue weighted by molar-refractivity contribution is -0.140. The van der Waals surface area contributed by atoms with E-state index in [-0.39, 0.29) is 11.5 Å². The zero-order valence-corrected chi connectivity index (χ0v) is 17.5. The summed E-state index contributed by atoms with van der Waals surface area (Å²) in [7, 11) is 0. The minimum atomic E-state index is -1.16. The molecule has 0 fully saturated rings. The van der Waals surface area contributed by atoms with Crippen molar-refractivity contribution in [2.75, 3.05) is 18.5 Å². The van der Waals surface area contributed by atoms with Crippen LogP contribution in [0.15, 0.2) is 72.9 Å². The predicted octanol–water partition coefficient (Wildman–Crippen LogP) is 3.54. The highest BCUT2D eigenvalue weighted by Gasteiger charge is 2.17. The zero-order chi connectivity index (χ0) is 23.2. The molecule has 0 aliphatic carbocycles. The van der Waals surface area contributed by atoms with Crippen molar-refractivity contribution in [2.45, 2.75) is 6.54 Å². The molecule has 9 heteroatoms. The Bertz CT molecular complexity index is 1290. The molecule has 0 aliphatic heterocycles. The SMILES string of the molecule is O=C(O)COc1ccc(-c2nc3ccccn3c2NCc2ccccc2)cc1OCC(=O)O. The lowest BCUT2D eigenvalue weighted by atomic mass is 10.1. The summed E-state index contributed by atoms with van der Waals surface area (Å²) in [5.41, 5.74) is 3.10. The summed E-state index contributed by atoms with van der Waals surface area (Å²) in [6.45, 7) is -0.614. The van der Waals surface area contributed by atoms with E-state index in [1.807, 2.05) is 59.1 Å². The van der Waals surface area contributed by atoms with Crippen LogP contribution in [-0.2, 0) is 16.1 Å². The molecule has 4 aromatic rings. The van der Waals surface area contributed by atoms with Gasteiger partial charge in [-0.2, -0.15) is 0 Å². The van der Waals surface area contributed by atoms with Crippen molar-refractivity contribution in [3.63, 3.8) is 0 Å². The third kappa shape index (κ3) is 5.21. The zero-order valence-electron chi connectivity index (χ0n) is 17.5. The average Bonchev–Trinajstić information content (AvgIpc) is 3.19. The van der Waals surface area contributed by atoms with Crippen LogP contribution in [0.3, 0.4) is 0 Å². The molecule has 3 N–H and O–H groups in total. The molecule has 0 unspecified atom stereocenters. The second-order valence-corrected chi connectivity index (χ2v) is 7.10. The highest BCUT2D eigenvalue weighted by atomic mass is 16.5. The van der Waals surface area contributed by atoms with Crippen molar-refractivity contribution in [1.82, 2.24) is 9.38 Å². The maximum atomic E-state index is 11.0. The van der Waals surface area contributed by atoms with Crippen LogP contribution in [0.1, 0.15) is 5.56 Å². The number of carboxylic acids is 2. The van der Waals surface area contributed by atoms with Crippen molar-refractivity contribution in [2.24, 2.45) is 0 Å². The number of nitrogens with zero attached hydrogens (tertiary/aromatic N) is 2. The van der Waals surface area contributed by atoms with Gasteiger partial charge in [-0.15, -0.1) is 0 Å². The second-order valence-electron chi connectivity index (χ2n) is 7.10. The standard InChI is InChI=1S/C24H21N3O6/c28-21(29)14-32-18-10-9-17(12-19(18)33-15-22(30)31)23-24(25-13-16-6-2-1-3-7-16)27-11-5-4-8-20(27)26-23/h1-12,25H,13-15H2,(H,28,29)(H,30,31). The first kappa shape index (κ1) is 21.7. The summed E-state index contributed by atoms with van der Waals surface area (Å²) in [6.07, 6.45) is 1.89. The Kier molecular flexibility index (Phi) is 6.40. The molecule has 2 aromatic heterocycles. The van der Waals surface area contributed by atoms with Gasteiger partial charge in [0.15, 0.2) is 24.7 Å². The summed E-state index contributed by atoms with van der Waals surface area (Å²) in [4.78, 5) is 26.6. The number of aromatic nitrogens is 2. The van der Waals surface area contributed by atoms with Gasteiger partial charge in [-0.05, 0) is 35.9 Å². The van der Waals surface area contributed by atoms with Crippen molar-refractivity contribution in [3.8, 4) is 22.8 Å².